The topological polar surface area (TPSA) is 22.1 Å². The van der Waals surface area contributed by atoms with E-state index < -0.39 is 0 Å². The highest BCUT2D eigenvalue weighted by Crippen LogP contribution is 2.29. The number of benzene rings is 1. The summed E-state index contributed by atoms with van der Waals surface area (Å²) < 4.78 is 5.52. The van der Waals surface area contributed by atoms with Gasteiger partial charge in [0.25, 0.3) is 0 Å². The first-order valence-electron chi connectivity index (χ1n) is 4.72. The minimum Gasteiger partial charge on any atom is -0.437 e. The number of hydrogen-bond acceptors (Lipinski definition) is 2. The van der Waals surface area contributed by atoms with Crippen LogP contribution in [0.2, 0.25) is 10.2 Å². The van der Waals surface area contributed by atoms with E-state index in [9.17, 15) is 0 Å². The molecule has 1 aromatic heterocycles. The second-order valence-corrected chi connectivity index (χ2v) is 4.13. The fourth-order valence-corrected chi connectivity index (χ4v) is 1.68. The van der Waals surface area contributed by atoms with E-state index in [0.717, 1.165) is 5.56 Å². The third kappa shape index (κ3) is 2.65. The lowest BCUT2D eigenvalue weighted by atomic mass is 10.2. The Kier molecular flexibility index (Phi) is 3.32. The fraction of sp³-hybridized carbons (Fsp3) is 0.0833. The van der Waals surface area contributed by atoms with Crippen molar-refractivity contribution in [2.24, 2.45) is 0 Å². The Morgan fingerprint density at radius 1 is 1.12 bits per heavy atom. The van der Waals surface area contributed by atoms with Crippen LogP contribution in [0.15, 0.2) is 36.4 Å². The zero-order valence-corrected chi connectivity index (χ0v) is 10.1. The van der Waals surface area contributed by atoms with E-state index in [1.54, 1.807) is 24.3 Å². The number of aromatic nitrogens is 1. The Balaban J connectivity index is 2.27. The Hall–Kier alpha value is -1.25. The number of nitrogens with zero attached hydrogens (tertiary/aromatic N) is 1. The van der Waals surface area contributed by atoms with Gasteiger partial charge in [-0.25, -0.2) is 4.98 Å². The van der Waals surface area contributed by atoms with Crippen molar-refractivity contribution in [3.8, 4) is 11.6 Å². The molecule has 0 saturated heterocycles. The van der Waals surface area contributed by atoms with Crippen molar-refractivity contribution in [2.45, 2.75) is 6.92 Å². The molecule has 2 nitrogen and oxygen atoms in total. The predicted octanol–water partition coefficient (Wildman–Crippen LogP) is 4.49. The van der Waals surface area contributed by atoms with Gasteiger partial charge < -0.3 is 4.74 Å². The van der Waals surface area contributed by atoms with Gasteiger partial charge in [0, 0.05) is 6.07 Å². The molecule has 0 unspecified atom stereocenters. The number of aryl methyl sites for hydroxylation is 1. The SMILES string of the molecule is Cc1ccc(Oc2cccc(Cl)n2)c(Cl)c1. The third-order valence-electron chi connectivity index (χ3n) is 1.99. The van der Waals surface area contributed by atoms with Gasteiger partial charge in [-0.2, -0.15) is 0 Å². The highest BCUT2D eigenvalue weighted by atomic mass is 35.5. The molecule has 82 valence electrons. The van der Waals surface area contributed by atoms with Crippen molar-refractivity contribution in [2.75, 3.05) is 0 Å². The predicted molar refractivity (Wildman–Crippen MR) is 65.5 cm³/mol. The van der Waals surface area contributed by atoms with Gasteiger partial charge in [-0.1, -0.05) is 35.3 Å². The van der Waals surface area contributed by atoms with Gasteiger partial charge in [-0.15, -0.1) is 0 Å². The molecule has 0 aliphatic heterocycles. The molecule has 0 N–H and O–H groups in total. The molecule has 0 aliphatic rings. The normalized spacial score (nSPS) is 10.2. The number of hydrogen-bond donors (Lipinski definition) is 0. The second-order valence-electron chi connectivity index (χ2n) is 3.33. The van der Waals surface area contributed by atoms with Crippen LogP contribution in [0, 0.1) is 6.92 Å². The van der Waals surface area contributed by atoms with Gasteiger partial charge in [0.1, 0.15) is 10.9 Å². The summed E-state index contributed by atoms with van der Waals surface area (Å²) in [5.74, 6) is 1.00. The number of pyridine rings is 1. The monoisotopic (exact) mass is 253 g/mol. The summed E-state index contributed by atoms with van der Waals surface area (Å²) in [6.45, 7) is 1.97. The third-order valence-corrected chi connectivity index (χ3v) is 2.50. The number of halogens is 2. The van der Waals surface area contributed by atoms with Crippen molar-refractivity contribution in [3.05, 3.63) is 52.1 Å². The van der Waals surface area contributed by atoms with Crippen LogP contribution in [0.4, 0.5) is 0 Å². The maximum Gasteiger partial charge on any atom is 0.220 e. The van der Waals surface area contributed by atoms with Gasteiger partial charge in [0.2, 0.25) is 5.88 Å². The number of ether oxygens (including phenoxy) is 1. The molecule has 0 spiro atoms. The Morgan fingerprint density at radius 2 is 1.94 bits per heavy atom. The smallest absolute Gasteiger partial charge is 0.220 e. The molecule has 1 heterocycles. The van der Waals surface area contributed by atoms with Crippen molar-refractivity contribution < 1.29 is 4.74 Å². The number of rotatable bonds is 2. The van der Waals surface area contributed by atoms with E-state index >= 15 is 0 Å². The van der Waals surface area contributed by atoms with E-state index in [-0.39, 0.29) is 0 Å². The molecule has 0 aliphatic carbocycles. The van der Waals surface area contributed by atoms with E-state index in [1.165, 1.54) is 0 Å². The summed E-state index contributed by atoms with van der Waals surface area (Å²) in [6.07, 6.45) is 0. The van der Waals surface area contributed by atoms with Crippen molar-refractivity contribution >= 4 is 23.2 Å². The molecular weight excluding hydrogens is 245 g/mol. The maximum absolute atomic E-state index is 6.03. The zero-order valence-electron chi connectivity index (χ0n) is 8.58. The standard InChI is InChI=1S/C12H9Cl2NO/c1-8-5-6-10(9(13)7-8)16-12-4-2-3-11(14)15-12/h2-7H,1H3. The van der Waals surface area contributed by atoms with E-state index in [4.69, 9.17) is 27.9 Å². The van der Waals surface area contributed by atoms with Crippen molar-refractivity contribution in [1.29, 1.82) is 0 Å². The molecule has 0 atom stereocenters. The van der Waals surface area contributed by atoms with Gasteiger partial charge in [0.05, 0.1) is 5.02 Å². The largest absolute Gasteiger partial charge is 0.437 e. The lowest BCUT2D eigenvalue weighted by Gasteiger charge is -2.07. The van der Waals surface area contributed by atoms with Crippen LogP contribution in [0.1, 0.15) is 5.56 Å². The van der Waals surface area contributed by atoms with Crippen molar-refractivity contribution in [1.82, 2.24) is 4.98 Å². The van der Waals surface area contributed by atoms with Crippen LogP contribution in [0.25, 0.3) is 0 Å². The quantitative estimate of drug-likeness (QED) is 0.736. The molecule has 1 aromatic carbocycles. The maximum atomic E-state index is 6.03. The molecule has 0 radical (unpaired) electrons. The van der Waals surface area contributed by atoms with E-state index in [0.29, 0.717) is 21.8 Å². The van der Waals surface area contributed by atoms with E-state index in [2.05, 4.69) is 4.98 Å². The minimum absolute atomic E-state index is 0.390. The van der Waals surface area contributed by atoms with Gasteiger partial charge in [-0.3, -0.25) is 0 Å². The lowest BCUT2D eigenvalue weighted by molar-refractivity contribution is 0.463. The first-order valence-corrected chi connectivity index (χ1v) is 5.47. The molecule has 2 rings (SSSR count). The van der Waals surface area contributed by atoms with Gasteiger partial charge in [-0.05, 0) is 30.7 Å². The van der Waals surface area contributed by atoms with Crippen LogP contribution < -0.4 is 4.74 Å². The van der Waals surface area contributed by atoms with Crippen LogP contribution in [0.3, 0.4) is 0 Å². The van der Waals surface area contributed by atoms with Crippen LogP contribution >= 0.6 is 23.2 Å². The van der Waals surface area contributed by atoms with Crippen LogP contribution in [-0.4, -0.2) is 4.98 Å². The summed E-state index contributed by atoms with van der Waals surface area (Å²) >= 11 is 11.8. The molecule has 0 fully saturated rings. The fourth-order valence-electron chi connectivity index (χ4n) is 1.25. The summed E-state index contributed by atoms with van der Waals surface area (Å²) in [4.78, 5) is 4.02. The van der Waals surface area contributed by atoms with E-state index in [1.807, 2.05) is 19.1 Å². The second kappa shape index (κ2) is 4.73. The molecule has 0 amide bonds. The zero-order chi connectivity index (χ0) is 11.5. The van der Waals surface area contributed by atoms with Gasteiger partial charge in [0.15, 0.2) is 0 Å². The summed E-state index contributed by atoms with van der Waals surface area (Å²) in [5.41, 5.74) is 1.08. The average molecular weight is 254 g/mol. The summed E-state index contributed by atoms with van der Waals surface area (Å²) in [7, 11) is 0. The molecule has 4 heteroatoms. The minimum atomic E-state index is 0.390. The Labute approximate surface area is 104 Å². The summed E-state index contributed by atoms with van der Waals surface area (Å²) in [6, 6.07) is 10.7. The molecule has 0 saturated carbocycles. The highest BCUT2D eigenvalue weighted by Gasteiger charge is 2.04. The van der Waals surface area contributed by atoms with Crippen LogP contribution in [-0.2, 0) is 0 Å². The summed E-state index contributed by atoms with van der Waals surface area (Å²) in [5, 5.41) is 0.947. The first-order chi connectivity index (χ1) is 7.65. The Bertz CT molecular complexity index is 514. The van der Waals surface area contributed by atoms with Crippen LogP contribution in [0.5, 0.6) is 11.6 Å². The van der Waals surface area contributed by atoms with Gasteiger partial charge >= 0.3 is 0 Å². The molecular formula is C12H9Cl2NO. The highest BCUT2D eigenvalue weighted by molar-refractivity contribution is 6.32. The average Bonchev–Trinajstić information content (AvgIpc) is 2.22. The first kappa shape index (κ1) is 11.2. The molecule has 0 bridgehead atoms. The Morgan fingerprint density at radius 3 is 2.62 bits per heavy atom. The lowest BCUT2D eigenvalue weighted by Crippen LogP contribution is -1.88. The molecule has 2 aromatic rings. The van der Waals surface area contributed by atoms with Crippen molar-refractivity contribution in [3.63, 3.8) is 0 Å². The molecule has 16 heavy (non-hydrogen) atoms.